The molecule has 0 saturated carbocycles. The molecular formula is C9H10F2O3S. The standard InChI is InChI=1S/C9H10F2O3S/c1-2-14-8(13)9(10,11)7(12)6-4-3-5-15-6/h3-5,7,12H,2H2,1H3/t7-/m0/s1. The van der Waals surface area contributed by atoms with Gasteiger partial charge in [-0.05, 0) is 18.4 Å². The Balaban J connectivity index is 2.81. The first kappa shape index (κ1) is 12.1. The largest absolute Gasteiger partial charge is 0.461 e. The summed E-state index contributed by atoms with van der Waals surface area (Å²) in [5.74, 6) is -5.60. The highest BCUT2D eigenvalue weighted by atomic mass is 32.1. The van der Waals surface area contributed by atoms with E-state index in [1.54, 1.807) is 5.38 Å². The Kier molecular flexibility index (Phi) is 3.76. The van der Waals surface area contributed by atoms with Gasteiger partial charge in [-0.2, -0.15) is 8.78 Å². The highest BCUT2D eigenvalue weighted by Gasteiger charge is 2.49. The number of esters is 1. The number of hydrogen-bond donors (Lipinski definition) is 1. The molecule has 1 aromatic heterocycles. The predicted octanol–water partition coefficient (Wildman–Crippen LogP) is 1.98. The van der Waals surface area contributed by atoms with Crippen molar-refractivity contribution in [3.63, 3.8) is 0 Å². The van der Waals surface area contributed by atoms with Gasteiger partial charge in [0.15, 0.2) is 6.10 Å². The summed E-state index contributed by atoms with van der Waals surface area (Å²) in [4.78, 5) is 10.9. The van der Waals surface area contributed by atoms with Crippen LogP contribution in [0.25, 0.3) is 0 Å². The fourth-order valence-corrected chi connectivity index (χ4v) is 1.71. The van der Waals surface area contributed by atoms with Crippen LogP contribution < -0.4 is 0 Å². The zero-order valence-corrected chi connectivity index (χ0v) is 8.76. The van der Waals surface area contributed by atoms with Crippen LogP contribution in [0.1, 0.15) is 17.9 Å². The lowest BCUT2D eigenvalue weighted by Gasteiger charge is -2.19. The first-order chi connectivity index (χ1) is 7.00. The van der Waals surface area contributed by atoms with E-state index in [0.717, 1.165) is 11.3 Å². The van der Waals surface area contributed by atoms with Crippen LogP contribution in [0.3, 0.4) is 0 Å². The zero-order chi connectivity index (χ0) is 11.5. The van der Waals surface area contributed by atoms with Crippen LogP contribution in [-0.2, 0) is 9.53 Å². The Hall–Kier alpha value is -1.01. The van der Waals surface area contributed by atoms with Gasteiger partial charge in [0.2, 0.25) is 0 Å². The van der Waals surface area contributed by atoms with Gasteiger partial charge in [0, 0.05) is 4.88 Å². The maximum absolute atomic E-state index is 13.2. The summed E-state index contributed by atoms with van der Waals surface area (Å²) < 4.78 is 30.7. The molecule has 6 heteroatoms. The van der Waals surface area contributed by atoms with E-state index < -0.39 is 18.0 Å². The number of aliphatic hydroxyl groups excluding tert-OH is 1. The average Bonchev–Trinajstić information content (AvgIpc) is 2.69. The van der Waals surface area contributed by atoms with Crippen LogP contribution in [-0.4, -0.2) is 23.6 Å². The Morgan fingerprint density at radius 3 is 2.87 bits per heavy atom. The monoisotopic (exact) mass is 236 g/mol. The van der Waals surface area contributed by atoms with Gasteiger partial charge in [0.25, 0.3) is 0 Å². The molecule has 1 aromatic rings. The van der Waals surface area contributed by atoms with Crippen molar-refractivity contribution >= 4 is 17.3 Å². The van der Waals surface area contributed by atoms with Gasteiger partial charge in [-0.25, -0.2) is 4.79 Å². The van der Waals surface area contributed by atoms with Crippen molar-refractivity contribution in [3.05, 3.63) is 22.4 Å². The molecule has 0 amide bonds. The van der Waals surface area contributed by atoms with E-state index in [4.69, 9.17) is 0 Å². The maximum atomic E-state index is 13.2. The molecule has 0 radical (unpaired) electrons. The Labute approximate surface area is 89.3 Å². The van der Waals surface area contributed by atoms with Gasteiger partial charge in [-0.3, -0.25) is 0 Å². The number of halogens is 2. The summed E-state index contributed by atoms with van der Waals surface area (Å²) >= 11 is 0.956. The molecule has 15 heavy (non-hydrogen) atoms. The number of thiophene rings is 1. The van der Waals surface area contributed by atoms with Crippen molar-refractivity contribution in [2.45, 2.75) is 19.0 Å². The third-order valence-electron chi connectivity index (χ3n) is 1.70. The summed E-state index contributed by atoms with van der Waals surface area (Å²) in [6.45, 7) is 1.27. The Morgan fingerprint density at radius 1 is 1.73 bits per heavy atom. The molecule has 0 spiro atoms. The van der Waals surface area contributed by atoms with Crippen LogP contribution in [0, 0.1) is 0 Å². The zero-order valence-electron chi connectivity index (χ0n) is 7.94. The summed E-state index contributed by atoms with van der Waals surface area (Å²) in [7, 11) is 0. The number of aliphatic hydroxyl groups is 1. The number of carbonyl (C=O) groups excluding carboxylic acids is 1. The van der Waals surface area contributed by atoms with E-state index in [1.807, 2.05) is 0 Å². The van der Waals surface area contributed by atoms with E-state index in [-0.39, 0.29) is 11.5 Å². The van der Waals surface area contributed by atoms with Gasteiger partial charge in [-0.15, -0.1) is 11.3 Å². The molecular weight excluding hydrogens is 226 g/mol. The van der Waals surface area contributed by atoms with Crippen molar-refractivity contribution in [2.75, 3.05) is 6.61 Å². The predicted molar refractivity (Wildman–Crippen MR) is 50.9 cm³/mol. The Bertz CT molecular complexity index is 324. The van der Waals surface area contributed by atoms with E-state index in [1.165, 1.54) is 19.1 Å². The molecule has 0 saturated heterocycles. The number of rotatable bonds is 4. The molecule has 1 atom stereocenters. The number of ether oxygens (including phenoxy) is 1. The summed E-state index contributed by atoms with van der Waals surface area (Å²) in [5.41, 5.74) is 0. The highest BCUT2D eigenvalue weighted by molar-refractivity contribution is 7.10. The number of hydrogen-bond acceptors (Lipinski definition) is 4. The quantitative estimate of drug-likeness (QED) is 0.813. The molecule has 0 aliphatic heterocycles. The second-order valence-electron chi connectivity index (χ2n) is 2.76. The van der Waals surface area contributed by atoms with Crippen molar-refractivity contribution in [1.29, 1.82) is 0 Å². The lowest BCUT2D eigenvalue weighted by atomic mass is 10.1. The number of alkyl halides is 2. The van der Waals surface area contributed by atoms with Crippen molar-refractivity contribution in [3.8, 4) is 0 Å². The molecule has 0 unspecified atom stereocenters. The third kappa shape index (κ3) is 2.51. The molecule has 0 fully saturated rings. The smallest absolute Gasteiger partial charge is 0.380 e. The normalized spacial score (nSPS) is 13.6. The molecule has 3 nitrogen and oxygen atoms in total. The summed E-state index contributed by atoms with van der Waals surface area (Å²) in [5, 5.41) is 10.8. The van der Waals surface area contributed by atoms with Crippen LogP contribution in [0.15, 0.2) is 17.5 Å². The molecule has 1 N–H and O–H groups in total. The van der Waals surface area contributed by atoms with Gasteiger partial charge < -0.3 is 9.84 Å². The van der Waals surface area contributed by atoms with Crippen LogP contribution >= 0.6 is 11.3 Å². The van der Waals surface area contributed by atoms with Gasteiger partial charge >= 0.3 is 11.9 Å². The van der Waals surface area contributed by atoms with Crippen LogP contribution in [0.4, 0.5) is 8.78 Å². The lowest BCUT2D eigenvalue weighted by Crippen LogP contribution is -2.37. The molecule has 0 bridgehead atoms. The fraction of sp³-hybridized carbons (Fsp3) is 0.444. The van der Waals surface area contributed by atoms with E-state index in [0.29, 0.717) is 0 Å². The Morgan fingerprint density at radius 2 is 2.40 bits per heavy atom. The maximum Gasteiger partial charge on any atom is 0.380 e. The van der Waals surface area contributed by atoms with Gasteiger partial charge in [0.1, 0.15) is 0 Å². The second kappa shape index (κ2) is 4.67. The summed E-state index contributed by atoms with van der Waals surface area (Å²) in [6, 6.07) is 2.85. The molecule has 1 rings (SSSR count). The van der Waals surface area contributed by atoms with E-state index in [2.05, 4.69) is 4.74 Å². The molecule has 1 heterocycles. The minimum Gasteiger partial charge on any atom is -0.461 e. The average molecular weight is 236 g/mol. The molecule has 0 aromatic carbocycles. The molecule has 0 aliphatic rings. The van der Waals surface area contributed by atoms with Gasteiger partial charge in [0.05, 0.1) is 6.61 Å². The SMILES string of the molecule is CCOC(=O)C(F)(F)[C@@H](O)c1cccs1. The molecule has 0 aliphatic carbocycles. The third-order valence-corrected chi connectivity index (χ3v) is 2.63. The first-order valence-corrected chi connectivity index (χ1v) is 5.14. The van der Waals surface area contributed by atoms with E-state index in [9.17, 15) is 18.7 Å². The van der Waals surface area contributed by atoms with Crippen LogP contribution in [0.2, 0.25) is 0 Å². The molecule has 84 valence electrons. The highest BCUT2D eigenvalue weighted by Crippen LogP contribution is 2.34. The van der Waals surface area contributed by atoms with Crippen molar-refractivity contribution in [2.24, 2.45) is 0 Å². The van der Waals surface area contributed by atoms with Crippen molar-refractivity contribution in [1.82, 2.24) is 0 Å². The lowest BCUT2D eigenvalue weighted by molar-refractivity contribution is -0.188. The van der Waals surface area contributed by atoms with Gasteiger partial charge in [-0.1, -0.05) is 6.07 Å². The first-order valence-electron chi connectivity index (χ1n) is 4.26. The minimum absolute atomic E-state index is 0.0352. The van der Waals surface area contributed by atoms with Crippen LogP contribution in [0.5, 0.6) is 0 Å². The van der Waals surface area contributed by atoms with Crippen molar-refractivity contribution < 1.29 is 23.4 Å². The second-order valence-corrected chi connectivity index (χ2v) is 3.74. The topological polar surface area (TPSA) is 46.5 Å². The fourth-order valence-electron chi connectivity index (χ4n) is 0.964. The minimum atomic E-state index is -3.90. The summed E-state index contributed by atoms with van der Waals surface area (Å²) in [6.07, 6.45) is -2.14. The van der Waals surface area contributed by atoms with E-state index >= 15 is 0 Å². The number of carbonyl (C=O) groups is 1.